The van der Waals surface area contributed by atoms with Crippen LogP contribution < -0.4 is 4.74 Å². The Morgan fingerprint density at radius 3 is 2.72 bits per heavy atom. The third-order valence-electron chi connectivity index (χ3n) is 4.31. The van der Waals surface area contributed by atoms with E-state index in [0.29, 0.717) is 12.3 Å². The minimum Gasteiger partial charge on any atom is -0.508 e. The van der Waals surface area contributed by atoms with Crippen LogP contribution >= 0.6 is 0 Å². The van der Waals surface area contributed by atoms with Crippen LogP contribution in [-0.4, -0.2) is 25.7 Å². The number of benzene rings is 2. The van der Waals surface area contributed by atoms with Gasteiger partial charge in [-0.3, -0.25) is 0 Å². The molecule has 4 rings (SSSR count). The van der Waals surface area contributed by atoms with Gasteiger partial charge in [0, 0.05) is 17.2 Å². The fraction of sp³-hybridized carbons (Fsp3) is 0.200. The van der Waals surface area contributed by atoms with Crippen molar-refractivity contribution in [3.8, 4) is 11.5 Å². The quantitative estimate of drug-likeness (QED) is 0.793. The fourth-order valence-electron chi connectivity index (χ4n) is 3.04. The molecule has 0 amide bonds. The second-order valence-corrected chi connectivity index (χ2v) is 6.68. The van der Waals surface area contributed by atoms with E-state index in [1.54, 1.807) is 12.1 Å². The van der Waals surface area contributed by atoms with Crippen molar-refractivity contribution in [2.45, 2.75) is 26.0 Å². The van der Waals surface area contributed by atoms with Gasteiger partial charge in [0.25, 0.3) is 0 Å². The molecule has 1 aliphatic heterocycles. The largest absolute Gasteiger partial charge is 0.508 e. The lowest BCUT2D eigenvalue weighted by atomic mass is 9.90. The van der Waals surface area contributed by atoms with Crippen LogP contribution in [0.5, 0.6) is 11.5 Å². The van der Waals surface area contributed by atoms with Crippen LogP contribution in [0.1, 0.15) is 30.7 Å². The molecule has 1 aliphatic rings. The van der Waals surface area contributed by atoms with Crippen LogP contribution in [0.2, 0.25) is 0 Å². The van der Waals surface area contributed by atoms with Crippen LogP contribution in [-0.2, 0) is 6.54 Å². The van der Waals surface area contributed by atoms with Crippen molar-refractivity contribution in [2.75, 3.05) is 0 Å². The Morgan fingerprint density at radius 2 is 1.92 bits per heavy atom. The monoisotopic (exact) mass is 333 g/mol. The summed E-state index contributed by atoms with van der Waals surface area (Å²) >= 11 is 0. The van der Waals surface area contributed by atoms with Gasteiger partial charge in [-0.25, -0.2) is 4.68 Å². The van der Waals surface area contributed by atoms with Gasteiger partial charge >= 0.3 is 0 Å². The molecule has 0 bridgehead atoms. The van der Waals surface area contributed by atoms with Crippen molar-refractivity contribution >= 4 is 11.6 Å². The van der Waals surface area contributed by atoms with Crippen molar-refractivity contribution in [2.24, 2.45) is 0 Å². The molecule has 0 saturated heterocycles. The van der Waals surface area contributed by atoms with E-state index in [-0.39, 0.29) is 5.75 Å². The van der Waals surface area contributed by atoms with Crippen LogP contribution in [0.4, 0.5) is 0 Å². The Morgan fingerprint density at radius 1 is 1.12 bits per heavy atom. The molecular weight excluding hydrogens is 314 g/mol. The maximum atomic E-state index is 9.66. The molecule has 0 unspecified atom stereocenters. The summed E-state index contributed by atoms with van der Waals surface area (Å²) in [4.78, 5) is 0. The van der Waals surface area contributed by atoms with E-state index in [4.69, 9.17) is 4.74 Å². The molecule has 1 N–H and O–H groups in total. The number of hydrogen-bond donors (Lipinski definition) is 1. The standard InChI is InChI=1S/C20H19N3O2/c1-20(2)17(10-15-8-9-16(24)11-19(15)25-20)18-13-23(22-21-18)12-14-6-4-3-5-7-14/h3-11,13,24H,12H2,1-2H3. The second kappa shape index (κ2) is 5.77. The van der Waals surface area contributed by atoms with Crippen molar-refractivity contribution in [1.82, 2.24) is 15.0 Å². The average Bonchev–Trinajstić information content (AvgIpc) is 3.02. The molecule has 5 nitrogen and oxygen atoms in total. The first kappa shape index (κ1) is 15.4. The van der Waals surface area contributed by atoms with E-state index in [9.17, 15) is 5.11 Å². The van der Waals surface area contributed by atoms with E-state index < -0.39 is 5.60 Å². The number of hydrogen-bond acceptors (Lipinski definition) is 4. The van der Waals surface area contributed by atoms with Gasteiger partial charge in [0.05, 0.1) is 12.7 Å². The second-order valence-electron chi connectivity index (χ2n) is 6.68. The summed E-state index contributed by atoms with van der Waals surface area (Å²) in [6.07, 6.45) is 3.99. The van der Waals surface area contributed by atoms with Crippen LogP contribution in [0.25, 0.3) is 11.6 Å². The highest BCUT2D eigenvalue weighted by Gasteiger charge is 2.33. The topological polar surface area (TPSA) is 60.2 Å². The summed E-state index contributed by atoms with van der Waals surface area (Å²) in [6.45, 7) is 4.65. The molecule has 126 valence electrons. The summed E-state index contributed by atoms with van der Waals surface area (Å²) in [5.74, 6) is 0.866. The van der Waals surface area contributed by atoms with Gasteiger partial charge in [0.15, 0.2) is 0 Å². The van der Waals surface area contributed by atoms with Gasteiger partial charge in [0.2, 0.25) is 0 Å². The number of aromatic hydroxyl groups is 1. The van der Waals surface area contributed by atoms with Gasteiger partial charge in [-0.05, 0) is 37.6 Å². The van der Waals surface area contributed by atoms with Gasteiger partial charge in [-0.1, -0.05) is 35.5 Å². The first-order valence-corrected chi connectivity index (χ1v) is 8.20. The lowest BCUT2D eigenvalue weighted by Gasteiger charge is -2.33. The van der Waals surface area contributed by atoms with Crippen molar-refractivity contribution < 1.29 is 9.84 Å². The number of nitrogens with zero attached hydrogens (tertiary/aromatic N) is 3. The number of phenolic OH excluding ortho intramolecular Hbond substituents is 1. The van der Waals surface area contributed by atoms with Crippen molar-refractivity contribution in [3.05, 3.63) is 71.5 Å². The molecule has 25 heavy (non-hydrogen) atoms. The number of aromatic nitrogens is 3. The molecule has 0 atom stereocenters. The molecule has 2 heterocycles. The number of fused-ring (bicyclic) bond motifs is 1. The van der Waals surface area contributed by atoms with Crippen LogP contribution in [0.15, 0.2) is 54.7 Å². The average molecular weight is 333 g/mol. The van der Waals surface area contributed by atoms with Crippen LogP contribution in [0.3, 0.4) is 0 Å². The Bertz CT molecular complexity index is 943. The van der Waals surface area contributed by atoms with Crippen molar-refractivity contribution in [3.63, 3.8) is 0 Å². The molecular formula is C20H19N3O2. The van der Waals surface area contributed by atoms with Gasteiger partial charge < -0.3 is 9.84 Å². The number of ether oxygens (including phenoxy) is 1. The third-order valence-corrected chi connectivity index (χ3v) is 4.31. The highest BCUT2D eigenvalue weighted by Crippen LogP contribution is 2.40. The minimum atomic E-state index is -0.561. The van der Waals surface area contributed by atoms with Crippen LogP contribution in [0, 0.1) is 0 Å². The lowest BCUT2D eigenvalue weighted by Crippen LogP contribution is -2.32. The number of rotatable bonds is 3. The minimum absolute atomic E-state index is 0.195. The lowest BCUT2D eigenvalue weighted by molar-refractivity contribution is 0.168. The Kier molecular flexibility index (Phi) is 3.57. The zero-order valence-electron chi connectivity index (χ0n) is 14.2. The highest BCUT2D eigenvalue weighted by atomic mass is 16.5. The van der Waals surface area contributed by atoms with E-state index in [1.807, 2.05) is 49.0 Å². The molecule has 0 radical (unpaired) electrons. The maximum absolute atomic E-state index is 9.66. The first-order valence-electron chi connectivity index (χ1n) is 8.20. The van der Waals surface area contributed by atoms with E-state index >= 15 is 0 Å². The molecule has 0 aliphatic carbocycles. The molecule has 0 saturated carbocycles. The first-order chi connectivity index (χ1) is 12.0. The molecule has 0 fully saturated rings. The predicted molar refractivity (Wildman–Crippen MR) is 96.3 cm³/mol. The summed E-state index contributed by atoms with van der Waals surface area (Å²) in [5, 5.41) is 18.2. The predicted octanol–water partition coefficient (Wildman–Crippen LogP) is 3.74. The Labute approximate surface area is 146 Å². The summed E-state index contributed by atoms with van der Waals surface area (Å²) in [6, 6.07) is 15.3. The maximum Gasteiger partial charge on any atom is 0.131 e. The zero-order valence-corrected chi connectivity index (χ0v) is 14.2. The van der Waals surface area contributed by atoms with E-state index in [1.165, 1.54) is 5.56 Å². The Balaban J connectivity index is 1.68. The molecule has 0 spiro atoms. The van der Waals surface area contributed by atoms with Gasteiger partial charge in [-0.2, -0.15) is 0 Å². The van der Waals surface area contributed by atoms with Gasteiger partial charge in [-0.15, -0.1) is 5.10 Å². The molecule has 3 aromatic rings. The third kappa shape index (κ3) is 3.01. The summed E-state index contributed by atoms with van der Waals surface area (Å²) in [5.41, 5.74) is 3.29. The van der Waals surface area contributed by atoms with E-state index in [2.05, 4.69) is 28.5 Å². The SMILES string of the molecule is CC1(C)Oc2cc(O)ccc2C=C1c1cn(Cc2ccccc2)nn1. The summed E-state index contributed by atoms with van der Waals surface area (Å²) in [7, 11) is 0. The zero-order chi connectivity index (χ0) is 17.4. The molecule has 2 aromatic carbocycles. The number of phenols is 1. The van der Waals surface area contributed by atoms with Crippen molar-refractivity contribution in [1.29, 1.82) is 0 Å². The smallest absolute Gasteiger partial charge is 0.131 e. The highest BCUT2D eigenvalue weighted by molar-refractivity contribution is 5.87. The van der Waals surface area contributed by atoms with E-state index in [0.717, 1.165) is 16.8 Å². The molecule has 5 heteroatoms. The summed E-state index contributed by atoms with van der Waals surface area (Å²) < 4.78 is 7.92. The normalized spacial score (nSPS) is 15.2. The Hall–Kier alpha value is -3.08. The fourth-order valence-corrected chi connectivity index (χ4v) is 3.04. The van der Waals surface area contributed by atoms with Gasteiger partial charge in [0.1, 0.15) is 22.8 Å². The molecule has 1 aromatic heterocycles.